The molecule has 0 aromatic carbocycles. The van der Waals surface area contributed by atoms with E-state index in [4.69, 9.17) is 5.73 Å². The Kier molecular flexibility index (Phi) is 3.09. The Bertz CT molecular complexity index is 238. The van der Waals surface area contributed by atoms with Crippen LogP contribution in [0.4, 0.5) is 0 Å². The maximum Gasteiger partial charge on any atom is 0.211 e. The first kappa shape index (κ1) is 9.95. The van der Waals surface area contributed by atoms with E-state index in [0.29, 0.717) is 25.6 Å². The maximum absolute atomic E-state index is 11.1. The van der Waals surface area contributed by atoms with Gasteiger partial charge in [-0.3, -0.25) is 0 Å². The van der Waals surface area contributed by atoms with Crippen molar-refractivity contribution in [3.8, 4) is 0 Å². The summed E-state index contributed by atoms with van der Waals surface area (Å²) >= 11 is 0. The van der Waals surface area contributed by atoms with Gasteiger partial charge in [0, 0.05) is 13.1 Å². The molecule has 0 amide bonds. The zero-order valence-electron chi connectivity index (χ0n) is 7.36. The minimum atomic E-state index is -2.96. The summed E-state index contributed by atoms with van der Waals surface area (Å²) in [4.78, 5) is 0. The van der Waals surface area contributed by atoms with Gasteiger partial charge >= 0.3 is 0 Å². The molecule has 0 spiro atoms. The van der Waals surface area contributed by atoms with Crippen LogP contribution in [0.2, 0.25) is 0 Å². The van der Waals surface area contributed by atoms with E-state index < -0.39 is 10.0 Å². The molecule has 1 heterocycles. The Labute approximate surface area is 73.8 Å². The van der Waals surface area contributed by atoms with Crippen LogP contribution in [-0.2, 0) is 10.0 Å². The Balaban J connectivity index is 2.46. The summed E-state index contributed by atoms with van der Waals surface area (Å²) in [6.45, 7) is 1.99. The van der Waals surface area contributed by atoms with E-state index >= 15 is 0 Å². The van der Waals surface area contributed by atoms with Crippen molar-refractivity contribution >= 4 is 10.0 Å². The van der Waals surface area contributed by atoms with E-state index in [2.05, 4.69) is 0 Å². The van der Waals surface area contributed by atoms with Crippen molar-refractivity contribution in [1.29, 1.82) is 0 Å². The third-order valence-corrected chi connectivity index (χ3v) is 3.56. The molecule has 0 aliphatic carbocycles. The van der Waals surface area contributed by atoms with Gasteiger partial charge in [-0.2, -0.15) is 0 Å². The van der Waals surface area contributed by atoms with Crippen molar-refractivity contribution in [2.45, 2.75) is 12.8 Å². The molecule has 1 fully saturated rings. The first-order chi connectivity index (χ1) is 5.54. The summed E-state index contributed by atoms with van der Waals surface area (Å²) in [5.41, 5.74) is 5.39. The highest BCUT2D eigenvalue weighted by molar-refractivity contribution is 7.88. The minimum Gasteiger partial charge on any atom is -0.330 e. The van der Waals surface area contributed by atoms with Gasteiger partial charge in [0.15, 0.2) is 0 Å². The second-order valence-corrected chi connectivity index (χ2v) is 5.34. The van der Waals surface area contributed by atoms with Crippen LogP contribution in [0.5, 0.6) is 0 Å². The lowest BCUT2D eigenvalue weighted by Crippen LogP contribution is -2.27. The smallest absolute Gasteiger partial charge is 0.211 e. The summed E-state index contributed by atoms with van der Waals surface area (Å²) in [7, 11) is -2.96. The van der Waals surface area contributed by atoms with Crippen LogP contribution in [-0.4, -0.2) is 38.6 Å². The number of nitrogens with two attached hydrogens (primary N) is 1. The number of rotatable bonds is 3. The molecule has 2 N–H and O–H groups in total. The number of hydrogen-bond acceptors (Lipinski definition) is 3. The van der Waals surface area contributed by atoms with Gasteiger partial charge in [0.05, 0.1) is 6.26 Å². The molecule has 0 aromatic heterocycles. The molecule has 1 aliphatic heterocycles. The molecule has 1 rings (SSSR count). The minimum absolute atomic E-state index is 0.477. The molecule has 0 bridgehead atoms. The fourth-order valence-electron chi connectivity index (χ4n) is 1.57. The largest absolute Gasteiger partial charge is 0.330 e. The predicted molar refractivity (Wildman–Crippen MR) is 48.2 cm³/mol. The zero-order chi connectivity index (χ0) is 9.19. The highest BCUT2D eigenvalue weighted by Gasteiger charge is 2.27. The number of hydrogen-bond donors (Lipinski definition) is 1. The Hall–Kier alpha value is -0.130. The van der Waals surface area contributed by atoms with Crippen LogP contribution in [0, 0.1) is 5.92 Å². The fraction of sp³-hybridized carbons (Fsp3) is 1.00. The van der Waals surface area contributed by atoms with Crippen LogP contribution >= 0.6 is 0 Å². The predicted octanol–water partition coefficient (Wildman–Crippen LogP) is -0.383. The zero-order valence-corrected chi connectivity index (χ0v) is 8.18. The molecule has 1 unspecified atom stereocenters. The van der Waals surface area contributed by atoms with Crippen LogP contribution in [0.1, 0.15) is 12.8 Å². The van der Waals surface area contributed by atoms with E-state index in [1.807, 2.05) is 0 Å². The number of sulfonamides is 1. The molecule has 1 atom stereocenters. The van der Waals surface area contributed by atoms with Gasteiger partial charge in [-0.05, 0) is 25.3 Å². The molecule has 0 saturated carbocycles. The molecule has 12 heavy (non-hydrogen) atoms. The summed E-state index contributed by atoms with van der Waals surface area (Å²) in [6.07, 6.45) is 3.16. The average Bonchev–Trinajstić information content (AvgIpc) is 2.35. The molecular formula is C7H16N2O2S. The topological polar surface area (TPSA) is 63.4 Å². The summed E-state index contributed by atoms with van der Waals surface area (Å²) < 4.78 is 23.7. The van der Waals surface area contributed by atoms with Gasteiger partial charge in [-0.1, -0.05) is 0 Å². The van der Waals surface area contributed by atoms with Crippen molar-refractivity contribution in [3.05, 3.63) is 0 Å². The van der Waals surface area contributed by atoms with Gasteiger partial charge in [0.25, 0.3) is 0 Å². The molecule has 5 heteroatoms. The highest BCUT2D eigenvalue weighted by Crippen LogP contribution is 2.20. The average molecular weight is 192 g/mol. The summed E-state index contributed by atoms with van der Waals surface area (Å²) in [5.74, 6) is 0.477. The van der Waals surface area contributed by atoms with Crippen LogP contribution in [0.15, 0.2) is 0 Å². The van der Waals surface area contributed by atoms with Crippen LogP contribution in [0.25, 0.3) is 0 Å². The van der Waals surface area contributed by atoms with Crippen molar-refractivity contribution in [2.75, 3.05) is 25.9 Å². The van der Waals surface area contributed by atoms with E-state index in [-0.39, 0.29) is 0 Å². The van der Waals surface area contributed by atoms with Gasteiger partial charge in [0.1, 0.15) is 0 Å². The normalized spacial score (nSPS) is 26.3. The summed E-state index contributed by atoms with van der Waals surface area (Å²) in [6, 6.07) is 0. The Morgan fingerprint density at radius 1 is 1.58 bits per heavy atom. The molecule has 72 valence electrons. The first-order valence-electron chi connectivity index (χ1n) is 4.19. The van der Waals surface area contributed by atoms with Gasteiger partial charge in [-0.25, -0.2) is 12.7 Å². The van der Waals surface area contributed by atoms with Gasteiger partial charge in [0.2, 0.25) is 10.0 Å². The second-order valence-electron chi connectivity index (χ2n) is 3.35. The van der Waals surface area contributed by atoms with E-state index in [0.717, 1.165) is 12.8 Å². The quantitative estimate of drug-likeness (QED) is 0.663. The van der Waals surface area contributed by atoms with E-state index in [1.54, 1.807) is 0 Å². The highest BCUT2D eigenvalue weighted by atomic mass is 32.2. The number of nitrogens with zero attached hydrogens (tertiary/aromatic N) is 1. The summed E-state index contributed by atoms with van der Waals surface area (Å²) in [5, 5.41) is 0. The van der Waals surface area contributed by atoms with Gasteiger partial charge < -0.3 is 5.73 Å². The van der Waals surface area contributed by atoms with Gasteiger partial charge in [-0.15, -0.1) is 0 Å². The van der Waals surface area contributed by atoms with Crippen molar-refractivity contribution in [1.82, 2.24) is 4.31 Å². The standard InChI is InChI=1S/C7H16N2O2S/c1-12(10,11)9-5-3-7(6-9)2-4-8/h7H,2-6,8H2,1H3. The molecular weight excluding hydrogens is 176 g/mol. The lowest BCUT2D eigenvalue weighted by molar-refractivity contribution is 0.453. The molecule has 1 saturated heterocycles. The van der Waals surface area contributed by atoms with E-state index in [9.17, 15) is 8.42 Å². The Morgan fingerprint density at radius 2 is 2.25 bits per heavy atom. The molecule has 0 radical (unpaired) electrons. The maximum atomic E-state index is 11.1. The molecule has 4 nitrogen and oxygen atoms in total. The van der Waals surface area contributed by atoms with Crippen molar-refractivity contribution in [2.24, 2.45) is 11.7 Å². The molecule has 0 aromatic rings. The van der Waals surface area contributed by atoms with E-state index in [1.165, 1.54) is 10.6 Å². The third-order valence-electron chi connectivity index (χ3n) is 2.29. The lowest BCUT2D eigenvalue weighted by Gasteiger charge is -2.12. The molecule has 1 aliphatic rings. The van der Waals surface area contributed by atoms with Crippen LogP contribution in [0.3, 0.4) is 0 Å². The monoisotopic (exact) mass is 192 g/mol. The van der Waals surface area contributed by atoms with Crippen molar-refractivity contribution < 1.29 is 8.42 Å². The van der Waals surface area contributed by atoms with Crippen molar-refractivity contribution in [3.63, 3.8) is 0 Å². The SMILES string of the molecule is CS(=O)(=O)N1CCC(CCN)C1. The fourth-order valence-corrected chi connectivity index (χ4v) is 2.49. The third kappa shape index (κ3) is 2.43. The lowest BCUT2D eigenvalue weighted by atomic mass is 10.1. The Morgan fingerprint density at radius 3 is 2.67 bits per heavy atom. The first-order valence-corrected chi connectivity index (χ1v) is 6.04. The second kappa shape index (κ2) is 3.72. The van der Waals surface area contributed by atoms with Crippen LogP contribution < -0.4 is 5.73 Å².